The standard InChI is InChI=1S/C45H31NS/c1-45(2)37-16-8-6-14-35(37)43-38(45)26-25-34-33-13-7-9-17-39(33)46(44(34)43)31-23-24-36-41(27-31)47-40-18-10-15-32(42(36)40)30-21-19-29(20-22-30)28-11-4-3-5-12-28/h3-27H,1-2H3. The average molecular weight is 618 g/mol. The Kier molecular flexibility index (Phi) is 5.57. The molecule has 2 aromatic heterocycles. The van der Waals surface area contributed by atoms with Crippen molar-refractivity contribution in [3.63, 3.8) is 0 Å². The van der Waals surface area contributed by atoms with E-state index in [2.05, 4.69) is 170 Å². The van der Waals surface area contributed by atoms with E-state index < -0.39 is 0 Å². The van der Waals surface area contributed by atoms with Crippen molar-refractivity contribution in [3.05, 3.63) is 163 Å². The van der Waals surface area contributed by atoms with Crippen LogP contribution >= 0.6 is 11.3 Å². The third-order valence-corrected chi connectivity index (χ3v) is 11.5. The molecule has 0 saturated carbocycles. The summed E-state index contributed by atoms with van der Waals surface area (Å²) < 4.78 is 5.15. The van der Waals surface area contributed by atoms with Crippen LogP contribution in [0.2, 0.25) is 0 Å². The van der Waals surface area contributed by atoms with Crippen molar-refractivity contribution in [2.24, 2.45) is 0 Å². The third kappa shape index (κ3) is 3.77. The maximum absolute atomic E-state index is 2.52. The molecule has 0 fully saturated rings. The van der Waals surface area contributed by atoms with Crippen molar-refractivity contribution < 1.29 is 0 Å². The van der Waals surface area contributed by atoms with Crippen LogP contribution in [0.3, 0.4) is 0 Å². The summed E-state index contributed by atoms with van der Waals surface area (Å²) in [4.78, 5) is 0. The molecule has 2 heterocycles. The fourth-order valence-corrected chi connectivity index (χ4v) is 9.34. The van der Waals surface area contributed by atoms with Crippen LogP contribution in [-0.4, -0.2) is 4.57 Å². The Morgan fingerprint density at radius 2 is 1.19 bits per heavy atom. The highest BCUT2D eigenvalue weighted by atomic mass is 32.1. The van der Waals surface area contributed by atoms with E-state index in [9.17, 15) is 0 Å². The topological polar surface area (TPSA) is 4.93 Å². The lowest BCUT2D eigenvalue weighted by molar-refractivity contribution is 0.661. The van der Waals surface area contributed by atoms with Crippen LogP contribution in [0.1, 0.15) is 25.0 Å². The number of hydrogen-bond donors (Lipinski definition) is 0. The van der Waals surface area contributed by atoms with Gasteiger partial charge in [-0.2, -0.15) is 0 Å². The molecule has 0 unspecified atom stereocenters. The molecule has 0 spiro atoms. The molecule has 0 amide bonds. The molecule has 7 aromatic carbocycles. The lowest BCUT2D eigenvalue weighted by atomic mass is 9.82. The number of hydrogen-bond acceptors (Lipinski definition) is 1. The maximum atomic E-state index is 2.52. The van der Waals surface area contributed by atoms with Crippen LogP contribution in [0.4, 0.5) is 0 Å². The zero-order valence-corrected chi connectivity index (χ0v) is 27.1. The van der Waals surface area contributed by atoms with Gasteiger partial charge in [-0.1, -0.05) is 141 Å². The molecule has 1 aliphatic carbocycles. The highest BCUT2D eigenvalue weighted by molar-refractivity contribution is 7.26. The predicted octanol–water partition coefficient (Wildman–Crippen LogP) is 12.8. The smallest absolute Gasteiger partial charge is 0.0622 e. The SMILES string of the molecule is CC1(C)c2ccccc2-c2c1ccc1c3ccccc3n(-c3ccc4c(c3)sc3cccc(-c5ccc(-c6ccccc6)cc5)c34)c21. The van der Waals surface area contributed by atoms with Gasteiger partial charge in [0.15, 0.2) is 0 Å². The Morgan fingerprint density at radius 3 is 2.06 bits per heavy atom. The fraction of sp³-hybridized carbons (Fsp3) is 0.0667. The first-order chi connectivity index (χ1) is 23.1. The van der Waals surface area contributed by atoms with Crippen LogP contribution in [-0.2, 0) is 5.41 Å². The van der Waals surface area contributed by atoms with E-state index in [4.69, 9.17) is 0 Å². The summed E-state index contributed by atoms with van der Waals surface area (Å²) in [6, 6.07) is 56.1. The molecule has 0 aliphatic heterocycles. The molecular formula is C45H31NS. The minimum atomic E-state index is -0.0491. The van der Waals surface area contributed by atoms with Crippen LogP contribution < -0.4 is 0 Å². The van der Waals surface area contributed by atoms with E-state index in [1.165, 1.54) is 92.2 Å². The zero-order chi connectivity index (χ0) is 31.3. The second-order valence-corrected chi connectivity index (χ2v) is 14.4. The second-order valence-electron chi connectivity index (χ2n) is 13.3. The van der Waals surface area contributed by atoms with Crippen molar-refractivity contribution in [1.82, 2.24) is 4.57 Å². The van der Waals surface area contributed by atoms with Gasteiger partial charge in [-0.15, -0.1) is 11.3 Å². The quantitative estimate of drug-likeness (QED) is 0.186. The largest absolute Gasteiger partial charge is 0.309 e. The molecule has 1 nitrogen and oxygen atoms in total. The normalized spacial score (nSPS) is 13.5. The lowest BCUT2D eigenvalue weighted by Crippen LogP contribution is -2.14. The van der Waals surface area contributed by atoms with Gasteiger partial charge in [-0.05, 0) is 63.2 Å². The number of thiophene rings is 1. The zero-order valence-electron chi connectivity index (χ0n) is 26.3. The number of rotatable bonds is 3. The minimum absolute atomic E-state index is 0.0491. The monoisotopic (exact) mass is 617 g/mol. The molecule has 1 aliphatic rings. The van der Waals surface area contributed by atoms with Crippen molar-refractivity contribution in [2.75, 3.05) is 0 Å². The number of fused-ring (bicyclic) bond motifs is 10. The van der Waals surface area contributed by atoms with E-state index in [1.54, 1.807) is 0 Å². The van der Waals surface area contributed by atoms with Crippen molar-refractivity contribution in [2.45, 2.75) is 19.3 Å². The Labute approximate surface area is 278 Å². The molecule has 0 bridgehead atoms. The summed E-state index contributed by atoms with van der Waals surface area (Å²) in [5, 5.41) is 5.26. The van der Waals surface area contributed by atoms with E-state index >= 15 is 0 Å². The third-order valence-electron chi connectivity index (χ3n) is 10.4. The van der Waals surface area contributed by atoms with Crippen LogP contribution in [0.15, 0.2) is 152 Å². The van der Waals surface area contributed by atoms with Gasteiger partial charge in [0.25, 0.3) is 0 Å². The van der Waals surface area contributed by atoms with Crippen LogP contribution in [0.25, 0.3) is 81.0 Å². The Morgan fingerprint density at radius 1 is 0.489 bits per heavy atom. The number of para-hydroxylation sites is 1. The summed E-state index contributed by atoms with van der Waals surface area (Å²) in [6.45, 7) is 4.74. The van der Waals surface area contributed by atoms with Crippen molar-refractivity contribution >= 4 is 53.3 Å². The Bertz CT molecular complexity index is 2690. The van der Waals surface area contributed by atoms with Gasteiger partial charge in [0.1, 0.15) is 0 Å². The van der Waals surface area contributed by atoms with Gasteiger partial charge in [0.05, 0.1) is 11.0 Å². The summed E-state index contributed by atoms with van der Waals surface area (Å²) in [7, 11) is 0. The molecule has 0 atom stereocenters. The molecule has 0 saturated heterocycles. The first-order valence-electron chi connectivity index (χ1n) is 16.4. The fourth-order valence-electron chi connectivity index (χ4n) is 8.18. The Hall–Kier alpha value is -5.44. The van der Waals surface area contributed by atoms with Crippen molar-refractivity contribution in [3.8, 4) is 39.1 Å². The summed E-state index contributed by atoms with van der Waals surface area (Å²) in [5.41, 5.74) is 14.3. The van der Waals surface area contributed by atoms with Gasteiger partial charge < -0.3 is 4.57 Å². The molecule has 9 aromatic rings. The molecule has 0 N–H and O–H groups in total. The molecule has 0 radical (unpaired) electrons. The molecule has 47 heavy (non-hydrogen) atoms. The van der Waals surface area contributed by atoms with E-state index in [0.29, 0.717) is 0 Å². The summed E-state index contributed by atoms with van der Waals surface area (Å²) >= 11 is 1.89. The van der Waals surface area contributed by atoms with Gasteiger partial charge in [-0.25, -0.2) is 0 Å². The highest BCUT2D eigenvalue weighted by Gasteiger charge is 2.37. The summed E-state index contributed by atoms with van der Waals surface area (Å²) in [6.07, 6.45) is 0. The molecule has 222 valence electrons. The van der Waals surface area contributed by atoms with Gasteiger partial charge in [0.2, 0.25) is 0 Å². The summed E-state index contributed by atoms with van der Waals surface area (Å²) in [5.74, 6) is 0. The first-order valence-corrected chi connectivity index (χ1v) is 17.2. The maximum Gasteiger partial charge on any atom is 0.0622 e. The van der Waals surface area contributed by atoms with E-state index in [0.717, 1.165) is 0 Å². The number of aromatic nitrogens is 1. The molecule has 10 rings (SSSR count). The molecule has 2 heteroatoms. The number of nitrogens with zero attached hydrogens (tertiary/aromatic N) is 1. The number of benzene rings is 7. The van der Waals surface area contributed by atoms with Gasteiger partial charge >= 0.3 is 0 Å². The predicted molar refractivity (Wildman–Crippen MR) is 202 cm³/mol. The van der Waals surface area contributed by atoms with Gasteiger partial charge in [0, 0.05) is 47.6 Å². The van der Waals surface area contributed by atoms with Crippen LogP contribution in [0.5, 0.6) is 0 Å². The van der Waals surface area contributed by atoms with Crippen LogP contribution in [0, 0.1) is 0 Å². The molecular weight excluding hydrogens is 587 g/mol. The Balaban J connectivity index is 1.19. The first kappa shape index (κ1) is 26.7. The van der Waals surface area contributed by atoms with E-state index in [1.807, 2.05) is 11.3 Å². The average Bonchev–Trinajstić information content (AvgIpc) is 3.74. The van der Waals surface area contributed by atoms with Gasteiger partial charge in [-0.3, -0.25) is 0 Å². The minimum Gasteiger partial charge on any atom is -0.309 e. The van der Waals surface area contributed by atoms with Crippen molar-refractivity contribution in [1.29, 1.82) is 0 Å². The second kappa shape index (κ2) is 9.78. The van der Waals surface area contributed by atoms with E-state index in [-0.39, 0.29) is 5.41 Å². The highest BCUT2D eigenvalue weighted by Crippen LogP contribution is 2.53. The lowest BCUT2D eigenvalue weighted by Gasteiger charge is -2.21.